The van der Waals surface area contributed by atoms with Crippen LogP contribution in [0, 0.1) is 5.92 Å². The van der Waals surface area contributed by atoms with Gasteiger partial charge in [0, 0.05) is 11.6 Å². The molecule has 1 unspecified atom stereocenters. The van der Waals surface area contributed by atoms with E-state index in [1.807, 2.05) is 30.3 Å². The number of halogens is 6. The third-order valence-corrected chi connectivity index (χ3v) is 6.03. The highest BCUT2D eigenvalue weighted by Gasteiger charge is 2.38. The summed E-state index contributed by atoms with van der Waals surface area (Å²) < 4.78 is 37.4. The zero-order chi connectivity index (χ0) is 24.6. The third-order valence-electron chi connectivity index (χ3n) is 5.04. The summed E-state index contributed by atoms with van der Waals surface area (Å²) in [6.45, 7) is 3.05. The predicted molar refractivity (Wildman–Crippen MR) is 121 cm³/mol. The molecule has 1 fully saturated rings. The number of aliphatic carboxylic acids is 1. The first-order chi connectivity index (χ1) is 15.5. The molecule has 1 aliphatic rings. The van der Waals surface area contributed by atoms with Crippen molar-refractivity contribution < 1.29 is 32.9 Å². The van der Waals surface area contributed by atoms with Gasteiger partial charge in [-0.05, 0) is 73.8 Å². The molecule has 0 aliphatic carbocycles. The summed E-state index contributed by atoms with van der Waals surface area (Å²) in [4.78, 5) is 11.3. The van der Waals surface area contributed by atoms with Crippen molar-refractivity contribution in [2.24, 2.45) is 5.92 Å². The highest BCUT2D eigenvalue weighted by Crippen LogP contribution is 2.26. The van der Waals surface area contributed by atoms with Gasteiger partial charge in [0.1, 0.15) is 12.4 Å². The molecule has 0 amide bonds. The number of rotatable bonds is 6. The molecule has 0 radical (unpaired) electrons. The fourth-order valence-corrected chi connectivity index (χ4v) is 3.69. The maximum absolute atomic E-state index is 10.6. The first-order valence-electron chi connectivity index (χ1n) is 9.98. The van der Waals surface area contributed by atoms with Gasteiger partial charge >= 0.3 is 12.1 Å². The highest BCUT2D eigenvalue weighted by molar-refractivity contribution is 6.42. The molecule has 33 heavy (non-hydrogen) atoms. The Bertz CT molecular complexity index is 905. The van der Waals surface area contributed by atoms with Gasteiger partial charge in [-0.3, -0.25) is 4.90 Å². The summed E-state index contributed by atoms with van der Waals surface area (Å²) in [6, 6.07) is 13.0. The van der Waals surface area contributed by atoms with E-state index in [1.54, 1.807) is 12.1 Å². The molecule has 3 rings (SSSR count). The van der Waals surface area contributed by atoms with E-state index in [1.165, 1.54) is 0 Å². The van der Waals surface area contributed by atoms with Crippen molar-refractivity contribution in [2.75, 3.05) is 19.7 Å². The van der Waals surface area contributed by atoms with E-state index in [-0.39, 0.29) is 5.92 Å². The van der Waals surface area contributed by atoms with Crippen LogP contribution in [0.3, 0.4) is 0 Å². The highest BCUT2D eigenvalue weighted by atomic mass is 35.5. The summed E-state index contributed by atoms with van der Waals surface area (Å²) in [7, 11) is 0. The predicted octanol–water partition coefficient (Wildman–Crippen LogP) is 5.93. The molecule has 2 aromatic rings. The molecular weight excluding hydrogens is 506 g/mol. The van der Waals surface area contributed by atoms with Crippen molar-refractivity contribution in [3.63, 3.8) is 0 Å². The fraction of sp³-hybridized carbons (Fsp3) is 0.409. The molecule has 1 saturated heterocycles. The van der Waals surface area contributed by atoms with E-state index >= 15 is 0 Å². The number of ether oxygens (including phenoxy) is 1. The number of alkyl halides is 3. The van der Waals surface area contributed by atoms with Crippen LogP contribution < -0.4 is 4.74 Å². The van der Waals surface area contributed by atoms with E-state index in [0.29, 0.717) is 21.7 Å². The minimum atomic E-state index is -5.08. The molecule has 11 heteroatoms. The van der Waals surface area contributed by atoms with E-state index in [9.17, 15) is 18.3 Å². The number of nitrogens with zero attached hydrogens (tertiary/aromatic N) is 1. The molecule has 1 aliphatic heterocycles. The summed E-state index contributed by atoms with van der Waals surface area (Å²) in [5, 5.41) is 19.4. The van der Waals surface area contributed by atoms with Crippen LogP contribution in [0.15, 0.2) is 42.5 Å². The molecule has 0 saturated carbocycles. The summed E-state index contributed by atoms with van der Waals surface area (Å²) >= 11 is 17.9. The van der Waals surface area contributed by atoms with Crippen molar-refractivity contribution in [1.82, 2.24) is 4.90 Å². The van der Waals surface area contributed by atoms with Crippen LogP contribution in [0.1, 0.15) is 18.4 Å². The standard InChI is InChI=1S/C20H22Cl3NO2.C2HF3O2/c21-16-2-4-17(5-3-16)26-13-20(25)15-7-9-24(10-8-15)12-14-1-6-18(22)19(23)11-14;3-2(4,5)1(6)7/h1-6,11,15,20,25H,7-10,12-13H2;(H,6,7). The van der Waals surface area contributed by atoms with Crippen molar-refractivity contribution in [2.45, 2.75) is 31.7 Å². The Labute approximate surface area is 204 Å². The molecule has 0 aromatic heterocycles. The lowest BCUT2D eigenvalue weighted by atomic mass is 9.91. The van der Waals surface area contributed by atoms with Gasteiger partial charge in [-0.25, -0.2) is 4.79 Å². The monoisotopic (exact) mass is 527 g/mol. The second kappa shape index (κ2) is 12.7. The molecule has 1 heterocycles. The van der Waals surface area contributed by atoms with Crippen molar-refractivity contribution in [3.8, 4) is 5.75 Å². The number of carboxylic acids is 1. The zero-order valence-corrected chi connectivity index (χ0v) is 19.6. The van der Waals surface area contributed by atoms with Crippen LogP contribution in [-0.2, 0) is 11.3 Å². The van der Waals surface area contributed by atoms with Gasteiger partial charge in [0.15, 0.2) is 0 Å². The summed E-state index contributed by atoms with van der Waals surface area (Å²) in [5.74, 6) is -1.77. The van der Waals surface area contributed by atoms with Gasteiger partial charge in [-0.15, -0.1) is 0 Å². The molecule has 2 aromatic carbocycles. The lowest BCUT2D eigenvalue weighted by Gasteiger charge is -2.34. The Morgan fingerprint density at radius 3 is 2.15 bits per heavy atom. The molecule has 2 N–H and O–H groups in total. The van der Waals surface area contributed by atoms with Gasteiger partial charge in [0.05, 0.1) is 16.1 Å². The van der Waals surface area contributed by atoms with Crippen LogP contribution in [0.4, 0.5) is 13.2 Å². The second-order valence-corrected chi connectivity index (χ2v) is 8.75. The number of benzene rings is 2. The van der Waals surface area contributed by atoms with Crippen molar-refractivity contribution in [1.29, 1.82) is 0 Å². The van der Waals surface area contributed by atoms with Gasteiger partial charge in [-0.2, -0.15) is 13.2 Å². The molecule has 0 bridgehead atoms. The van der Waals surface area contributed by atoms with E-state index in [4.69, 9.17) is 49.4 Å². The number of carbonyl (C=O) groups is 1. The smallest absolute Gasteiger partial charge is 0.490 e. The zero-order valence-electron chi connectivity index (χ0n) is 17.4. The maximum atomic E-state index is 10.6. The van der Waals surface area contributed by atoms with Crippen molar-refractivity contribution in [3.05, 3.63) is 63.1 Å². The summed E-state index contributed by atoms with van der Waals surface area (Å²) in [5.41, 5.74) is 1.16. The number of carboxylic acid groups (broad SMARTS) is 1. The van der Waals surface area contributed by atoms with Crippen LogP contribution in [0.2, 0.25) is 15.1 Å². The van der Waals surface area contributed by atoms with E-state index in [2.05, 4.69) is 4.90 Å². The quantitative estimate of drug-likeness (QED) is 0.486. The summed E-state index contributed by atoms with van der Waals surface area (Å²) in [6.07, 6.45) is -3.64. The molecule has 5 nitrogen and oxygen atoms in total. The van der Waals surface area contributed by atoms with Crippen LogP contribution >= 0.6 is 34.8 Å². The number of aliphatic hydroxyl groups excluding tert-OH is 1. The second-order valence-electron chi connectivity index (χ2n) is 7.50. The topological polar surface area (TPSA) is 70.0 Å². The number of likely N-dealkylation sites (tertiary alicyclic amines) is 1. The van der Waals surface area contributed by atoms with Crippen LogP contribution in [0.25, 0.3) is 0 Å². The number of aliphatic hydroxyl groups is 1. The van der Waals surface area contributed by atoms with Gasteiger partial charge in [-0.1, -0.05) is 40.9 Å². The Morgan fingerprint density at radius 2 is 1.64 bits per heavy atom. The largest absolute Gasteiger partial charge is 0.491 e. The number of hydrogen-bond donors (Lipinski definition) is 2. The molecule has 182 valence electrons. The van der Waals surface area contributed by atoms with Crippen LogP contribution in [-0.4, -0.2) is 53.1 Å². The van der Waals surface area contributed by atoms with E-state index in [0.717, 1.165) is 43.8 Å². The molecule has 0 spiro atoms. The van der Waals surface area contributed by atoms with Crippen LogP contribution in [0.5, 0.6) is 5.75 Å². The average Bonchev–Trinajstić information content (AvgIpc) is 2.76. The van der Waals surface area contributed by atoms with Gasteiger partial charge < -0.3 is 14.9 Å². The number of hydrogen-bond acceptors (Lipinski definition) is 4. The molecular formula is C22H23Cl3F3NO4. The third kappa shape index (κ3) is 9.59. The Hall–Kier alpha value is -1.71. The number of piperidine rings is 1. The van der Waals surface area contributed by atoms with E-state index < -0.39 is 18.2 Å². The lowest BCUT2D eigenvalue weighted by molar-refractivity contribution is -0.192. The van der Waals surface area contributed by atoms with Gasteiger partial charge in [0.2, 0.25) is 0 Å². The minimum absolute atomic E-state index is 0.257. The van der Waals surface area contributed by atoms with Crippen molar-refractivity contribution >= 4 is 40.8 Å². The normalized spacial score (nSPS) is 16.0. The maximum Gasteiger partial charge on any atom is 0.490 e. The fourth-order valence-electron chi connectivity index (χ4n) is 3.24. The Balaban J connectivity index is 0.000000479. The first-order valence-corrected chi connectivity index (χ1v) is 11.1. The lowest BCUT2D eigenvalue weighted by Crippen LogP contribution is -2.39. The first kappa shape index (κ1) is 27.5. The SMILES string of the molecule is O=C(O)C(F)(F)F.OC(COc1ccc(Cl)cc1)C1CCN(Cc2ccc(Cl)c(Cl)c2)CC1. The minimum Gasteiger partial charge on any atom is -0.491 e. The average molecular weight is 529 g/mol. The van der Waals surface area contributed by atoms with Gasteiger partial charge in [0.25, 0.3) is 0 Å². The Morgan fingerprint density at radius 1 is 1.06 bits per heavy atom. The molecule has 1 atom stereocenters. The Kier molecular flexibility index (Phi) is 10.6.